The molecule has 0 aliphatic heterocycles. The maximum absolute atomic E-state index is 11.9. The number of thioether (sulfide) groups is 1. The van der Waals surface area contributed by atoms with Gasteiger partial charge in [-0.3, -0.25) is 4.79 Å². The Morgan fingerprint density at radius 3 is 2.20 bits per heavy atom. The standard InChI is InChI=1S/C12H15ClOS/c1-8(2)15-9(3)12(14)10-4-6-11(13)7-5-10/h4-9H,1-3H3. The van der Waals surface area contributed by atoms with Gasteiger partial charge in [-0.1, -0.05) is 25.4 Å². The number of hydrogen-bond acceptors (Lipinski definition) is 2. The highest BCUT2D eigenvalue weighted by Crippen LogP contribution is 2.21. The molecule has 0 amide bonds. The van der Waals surface area contributed by atoms with Crippen molar-refractivity contribution in [3.8, 4) is 0 Å². The number of carbonyl (C=O) groups is 1. The lowest BCUT2D eigenvalue weighted by atomic mass is 10.1. The second-order valence-corrected chi connectivity index (χ2v) is 6.06. The number of ketones is 1. The van der Waals surface area contributed by atoms with E-state index in [-0.39, 0.29) is 11.0 Å². The quantitative estimate of drug-likeness (QED) is 0.741. The molecule has 1 nitrogen and oxygen atoms in total. The summed E-state index contributed by atoms with van der Waals surface area (Å²) in [6, 6.07) is 7.06. The monoisotopic (exact) mass is 242 g/mol. The first kappa shape index (κ1) is 12.6. The topological polar surface area (TPSA) is 17.1 Å². The molecule has 0 heterocycles. The summed E-state index contributed by atoms with van der Waals surface area (Å²) in [6.45, 7) is 6.13. The van der Waals surface area contributed by atoms with Crippen molar-refractivity contribution in [2.45, 2.75) is 31.3 Å². The van der Waals surface area contributed by atoms with Crippen LogP contribution in [-0.2, 0) is 0 Å². The average molecular weight is 243 g/mol. The van der Waals surface area contributed by atoms with Gasteiger partial charge in [0.2, 0.25) is 0 Å². The number of rotatable bonds is 4. The van der Waals surface area contributed by atoms with Crippen molar-refractivity contribution in [2.75, 3.05) is 0 Å². The second-order valence-electron chi connectivity index (χ2n) is 3.70. The van der Waals surface area contributed by atoms with Gasteiger partial charge in [-0.15, -0.1) is 11.8 Å². The highest BCUT2D eigenvalue weighted by atomic mass is 35.5. The fourth-order valence-electron chi connectivity index (χ4n) is 1.32. The van der Waals surface area contributed by atoms with Crippen molar-refractivity contribution in [1.82, 2.24) is 0 Å². The Morgan fingerprint density at radius 2 is 1.73 bits per heavy atom. The molecule has 1 aromatic rings. The van der Waals surface area contributed by atoms with E-state index >= 15 is 0 Å². The van der Waals surface area contributed by atoms with Gasteiger partial charge >= 0.3 is 0 Å². The first-order chi connectivity index (χ1) is 7.00. The highest BCUT2D eigenvalue weighted by molar-refractivity contribution is 8.01. The number of carbonyl (C=O) groups excluding carboxylic acids is 1. The SMILES string of the molecule is CC(C)SC(C)C(=O)c1ccc(Cl)cc1. The van der Waals surface area contributed by atoms with Crippen molar-refractivity contribution < 1.29 is 4.79 Å². The largest absolute Gasteiger partial charge is 0.293 e. The Balaban J connectivity index is 2.72. The lowest BCUT2D eigenvalue weighted by Crippen LogP contribution is -2.15. The molecular weight excluding hydrogens is 228 g/mol. The molecule has 1 unspecified atom stereocenters. The zero-order chi connectivity index (χ0) is 11.4. The minimum atomic E-state index is 0.00572. The minimum absolute atomic E-state index is 0.00572. The van der Waals surface area contributed by atoms with E-state index in [4.69, 9.17) is 11.6 Å². The molecule has 0 bridgehead atoms. The van der Waals surface area contributed by atoms with E-state index in [1.165, 1.54) is 0 Å². The van der Waals surface area contributed by atoms with Crippen LogP contribution in [0, 0.1) is 0 Å². The first-order valence-electron chi connectivity index (χ1n) is 4.96. The molecule has 0 aliphatic rings. The van der Waals surface area contributed by atoms with Gasteiger partial charge in [0.05, 0.1) is 5.25 Å². The fourth-order valence-corrected chi connectivity index (χ4v) is 2.52. The van der Waals surface area contributed by atoms with E-state index in [0.29, 0.717) is 10.3 Å². The van der Waals surface area contributed by atoms with Gasteiger partial charge < -0.3 is 0 Å². The van der Waals surface area contributed by atoms with Crippen molar-refractivity contribution in [2.24, 2.45) is 0 Å². The lowest BCUT2D eigenvalue weighted by molar-refractivity contribution is 0.0994. The van der Waals surface area contributed by atoms with Crippen LogP contribution >= 0.6 is 23.4 Å². The number of Topliss-reactive ketones (excluding diaryl/α,β-unsaturated/α-hetero) is 1. The number of halogens is 1. The molecule has 0 saturated heterocycles. The summed E-state index contributed by atoms with van der Waals surface area (Å²) in [5, 5.41) is 1.14. The fraction of sp³-hybridized carbons (Fsp3) is 0.417. The van der Waals surface area contributed by atoms with Gasteiger partial charge in [0, 0.05) is 10.6 Å². The Bertz CT molecular complexity index is 332. The van der Waals surface area contributed by atoms with Crippen molar-refractivity contribution >= 4 is 29.1 Å². The minimum Gasteiger partial charge on any atom is -0.293 e. The van der Waals surface area contributed by atoms with Gasteiger partial charge in [0.1, 0.15) is 0 Å². The molecule has 0 fully saturated rings. The third-order valence-corrected chi connectivity index (χ3v) is 3.39. The van der Waals surface area contributed by atoms with E-state index < -0.39 is 0 Å². The first-order valence-corrected chi connectivity index (χ1v) is 6.28. The zero-order valence-corrected chi connectivity index (χ0v) is 10.7. The Labute approximate surface area is 100 Å². The van der Waals surface area contributed by atoms with E-state index in [1.807, 2.05) is 6.92 Å². The van der Waals surface area contributed by atoms with Crippen LogP contribution in [-0.4, -0.2) is 16.3 Å². The van der Waals surface area contributed by atoms with Gasteiger partial charge in [0.15, 0.2) is 5.78 Å². The summed E-state index contributed by atoms with van der Waals surface area (Å²) < 4.78 is 0. The summed E-state index contributed by atoms with van der Waals surface area (Å²) in [6.07, 6.45) is 0. The van der Waals surface area contributed by atoms with Crippen LogP contribution in [0.25, 0.3) is 0 Å². The molecule has 0 spiro atoms. The van der Waals surface area contributed by atoms with Crippen LogP contribution in [0.5, 0.6) is 0 Å². The van der Waals surface area contributed by atoms with Crippen molar-refractivity contribution in [3.05, 3.63) is 34.9 Å². The molecule has 1 rings (SSSR count). The van der Waals surface area contributed by atoms with Crippen LogP contribution in [0.2, 0.25) is 5.02 Å². The Kier molecular flexibility index (Phi) is 4.68. The smallest absolute Gasteiger partial charge is 0.175 e. The predicted octanol–water partition coefficient (Wildman–Crippen LogP) is 4.05. The van der Waals surface area contributed by atoms with Crippen LogP contribution in [0.3, 0.4) is 0 Å². The summed E-state index contributed by atoms with van der Waals surface area (Å²) in [7, 11) is 0. The molecule has 1 aromatic carbocycles. The zero-order valence-electron chi connectivity index (χ0n) is 9.16. The van der Waals surface area contributed by atoms with Crippen LogP contribution in [0.1, 0.15) is 31.1 Å². The third-order valence-electron chi connectivity index (χ3n) is 1.97. The predicted molar refractivity (Wildman–Crippen MR) is 68.0 cm³/mol. The maximum Gasteiger partial charge on any atom is 0.175 e. The van der Waals surface area contributed by atoms with E-state index in [0.717, 1.165) is 5.56 Å². The molecule has 82 valence electrons. The van der Waals surface area contributed by atoms with Crippen molar-refractivity contribution in [1.29, 1.82) is 0 Å². The molecule has 0 aliphatic carbocycles. The van der Waals surface area contributed by atoms with Crippen LogP contribution in [0.15, 0.2) is 24.3 Å². The van der Waals surface area contributed by atoms with Gasteiger partial charge in [0.25, 0.3) is 0 Å². The number of hydrogen-bond donors (Lipinski definition) is 0. The van der Waals surface area contributed by atoms with Crippen molar-refractivity contribution in [3.63, 3.8) is 0 Å². The summed E-state index contributed by atoms with van der Waals surface area (Å²) in [5.74, 6) is 0.172. The Morgan fingerprint density at radius 1 is 1.20 bits per heavy atom. The molecular formula is C12H15ClOS. The lowest BCUT2D eigenvalue weighted by Gasteiger charge is -2.12. The molecule has 1 atom stereocenters. The molecule has 0 saturated carbocycles. The molecule has 0 radical (unpaired) electrons. The van der Waals surface area contributed by atoms with Gasteiger partial charge in [-0.05, 0) is 36.4 Å². The summed E-state index contributed by atoms with van der Waals surface area (Å²) in [5.41, 5.74) is 0.736. The van der Waals surface area contributed by atoms with Gasteiger partial charge in [-0.2, -0.15) is 0 Å². The van der Waals surface area contributed by atoms with E-state index in [2.05, 4.69) is 13.8 Å². The van der Waals surface area contributed by atoms with E-state index in [9.17, 15) is 4.79 Å². The molecule has 0 N–H and O–H groups in total. The van der Waals surface area contributed by atoms with Crippen LogP contribution < -0.4 is 0 Å². The second kappa shape index (κ2) is 5.57. The van der Waals surface area contributed by atoms with E-state index in [1.54, 1.807) is 36.0 Å². The summed E-state index contributed by atoms with van der Waals surface area (Å²) >= 11 is 7.44. The highest BCUT2D eigenvalue weighted by Gasteiger charge is 2.16. The normalized spacial score (nSPS) is 12.9. The molecule has 0 aromatic heterocycles. The average Bonchev–Trinajstić information content (AvgIpc) is 2.17. The summed E-state index contributed by atoms with van der Waals surface area (Å²) in [4.78, 5) is 11.9. The molecule has 3 heteroatoms. The number of benzene rings is 1. The third kappa shape index (κ3) is 3.88. The van der Waals surface area contributed by atoms with Crippen LogP contribution in [0.4, 0.5) is 0 Å². The Hall–Kier alpha value is -0.470. The molecule has 15 heavy (non-hydrogen) atoms. The van der Waals surface area contributed by atoms with Gasteiger partial charge in [-0.25, -0.2) is 0 Å². The maximum atomic E-state index is 11.9.